The highest BCUT2D eigenvalue weighted by Gasteiger charge is 2.53. The lowest BCUT2D eigenvalue weighted by molar-refractivity contribution is -0.192. The lowest BCUT2D eigenvalue weighted by Crippen LogP contribution is -2.58. The number of ketones is 2. The summed E-state index contributed by atoms with van der Waals surface area (Å²) in [5.74, 6) is 0.517. The van der Waals surface area contributed by atoms with E-state index >= 15 is 0 Å². The van der Waals surface area contributed by atoms with Crippen molar-refractivity contribution in [3.05, 3.63) is 23.8 Å². The van der Waals surface area contributed by atoms with Crippen LogP contribution in [0.2, 0.25) is 0 Å². The van der Waals surface area contributed by atoms with E-state index in [1.54, 1.807) is 6.08 Å². The summed E-state index contributed by atoms with van der Waals surface area (Å²) in [7, 11) is 0. The van der Waals surface area contributed by atoms with Crippen molar-refractivity contribution in [1.29, 1.82) is 0 Å². The number of ether oxygens (including phenoxy) is 2. The molecule has 172 valence electrons. The fourth-order valence-electron chi connectivity index (χ4n) is 6.23. The van der Waals surface area contributed by atoms with Crippen LogP contribution in [-0.2, 0) is 19.1 Å². The summed E-state index contributed by atoms with van der Waals surface area (Å²) in [5.41, 5.74) is 1.21. The molecule has 0 N–H and O–H groups in total. The van der Waals surface area contributed by atoms with Crippen LogP contribution in [-0.4, -0.2) is 36.5 Å². The van der Waals surface area contributed by atoms with Gasteiger partial charge in [0.25, 0.3) is 0 Å². The number of fused-ring (bicyclic) bond motifs is 2. The lowest BCUT2D eigenvalue weighted by atomic mass is 9.66. The van der Waals surface area contributed by atoms with Gasteiger partial charge in [0.1, 0.15) is 5.78 Å². The predicted octanol–water partition coefficient (Wildman–Crippen LogP) is 5.60. The fourth-order valence-corrected chi connectivity index (χ4v) is 6.23. The van der Waals surface area contributed by atoms with E-state index in [9.17, 15) is 9.59 Å². The maximum absolute atomic E-state index is 13.5. The van der Waals surface area contributed by atoms with Gasteiger partial charge in [0, 0.05) is 11.8 Å². The Bertz CT molecular complexity index is 698. The van der Waals surface area contributed by atoms with Crippen LogP contribution in [0.1, 0.15) is 84.5 Å². The zero-order chi connectivity index (χ0) is 21.8. The van der Waals surface area contributed by atoms with Crippen molar-refractivity contribution in [2.24, 2.45) is 23.7 Å². The van der Waals surface area contributed by atoms with Gasteiger partial charge < -0.3 is 9.47 Å². The Balaban J connectivity index is 1.53. The monoisotopic (exact) mass is 428 g/mol. The molecule has 0 aromatic heterocycles. The molecular formula is C27H40O4. The minimum Gasteiger partial charge on any atom is -0.373 e. The second-order valence-electron chi connectivity index (χ2n) is 10.5. The zero-order valence-corrected chi connectivity index (χ0v) is 19.4. The molecule has 0 aromatic carbocycles. The third-order valence-corrected chi connectivity index (χ3v) is 7.99. The number of allylic oxidation sites excluding steroid dienone is 3. The number of rotatable bonds is 6. The molecule has 3 aliphatic carbocycles. The van der Waals surface area contributed by atoms with Gasteiger partial charge in [-0.2, -0.15) is 0 Å². The number of hydrogen-bond donors (Lipinski definition) is 0. The van der Waals surface area contributed by atoms with Gasteiger partial charge in [-0.25, -0.2) is 0 Å². The van der Waals surface area contributed by atoms with Gasteiger partial charge in [0.15, 0.2) is 5.78 Å². The van der Waals surface area contributed by atoms with Crippen molar-refractivity contribution in [3.8, 4) is 0 Å². The molecule has 31 heavy (non-hydrogen) atoms. The van der Waals surface area contributed by atoms with E-state index in [4.69, 9.17) is 9.47 Å². The summed E-state index contributed by atoms with van der Waals surface area (Å²) in [6, 6.07) is 0. The summed E-state index contributed by atoms with van der Waals surface area (Å²) in [6.45, 7) is 4.63. The summed E-state index contributed by atoms with van der Waals surface area (Å²) >= 11 is 0. The number of carbonyl (C=O) groups is 2. The molecular weight excluding hydrogens is 388 g/mol. The smallest absolute Gasteiger partial charge is 0.163 e. The van der Waals surface area contributed by atoms with Crippen molar-refractivity contribution < 1.29 is 19.1 Å². The van der Waals surface area contributed by atoms with Crippen LogP contribution < -0.4 is 0 Å². The molecule has 1 heterocycles. The first-order chi connectivity index (χ1) is 15.0. The van der Waals surface area contributed by atoms with Crippen LogP contribution in [0.4, 0.5) is 0 Å². The van der Waals surface area contributed by atoms with E-state index in [0.29, 0.717) is 18.3 Å². The van der Waals surface area contributed by atoms with Gasteiger partial charge in [-0.15, -0.1) is 0 Å². The van der Waals surface area contributed by atoms with Crippen molar-refractivity contribution in [2.45, 2.75) is 103 Å². The maximum Gasteiger partial charge on any atom is 0.163 e. The highest BCUT2D eigenvalue weighted by atomic mass is 16.5. The SMILES string of the molecule is CC(C)=CCOC1CCC2C(=O)C3CCCCC3OC2C1C(=O)C=CC1CCCCC1. The summed E-state index contributed by atoms with van der Waals surface area (Å²) in [4.78, 5) is 26.8. The molecule has 1 saturated heterocycles. The van der Waals surface area contributed by atoms with Crippen molar-refractivity contribution >= 4 is 11.6 Å². The predicted molar refractivity (Wildman–Crippen MR) is 122 cm³/mol. The Morgan fingerprint density at radius 3 is 2.48 bits per heavy atom. The third kappa shape index (κ3) is 5.39. The van der Waals surface area contributed by atoms with Crippen LogP contribution >= 0.6 is 0 Å². The lowest BCUT2D eigenvalue weighted by Gasteiger charge is -2.49. The first kappa shape index (κ1) is 22.9. The van der Waals surface area contributed by atoms with Crippen molar-refractivity contribution in [1.82, 2.24) is 0 Å². The summed E-state index contributed by atoms with van der Waals surface area (Å²) < 4.78 is 12.8. The molecule has 4 nitrogen and oxygen atoms in total. The largest absolute Gasteiger partial charge is 0.373 e. The van der Waals surface area contributed by atoms with Gasteiger partial charge in [-0.3, -0.25) is 9.59 Å². The average molecular weight is 429 g/mol. The molecule has 0 bridgehead atoms. The fraction of sp³-hybridized carbons (Fsp3) is 0.778. The van der Waals surface area contributed by atoms with Gasteiger partial charge in [-0.1, -0.05) is 49.8 Å². The Morgan fingerprint density at radius 1 is 0.968 bits per heavy atom. The maximum atomic E-state index is 13.5. The van der Waals surface area contributed by atoms with Gasteiger partial charge in [0.05, 0.1) is 30.8 Å². The topological polar surface area (TPSA) is 52.6 Å². The quantitative estimate of drug-likeness (QED) is 0.408. The first-order valence-corrected chi connectivity index (χ1v) is 12.7. The van der Waals surface area contributed by atoms with E-state index in [1.165, 1.54) is 37.7 Å². The highest BCUT2D eigenvalue weighted by molar-refractivity contribution is 5.94. The van der Waals surface area contributed by atoms with Crippen molar-refractivity contribution in [3.63, 3.8) is 0 Å². The highest BCUT2D eigenvalue weighted by Crippen LogP contribution is 2.45. The van der Waals surface area contributed by atoms with Crippen LogP contribution in [0.15, 0.2) is 23.8 Å². The Kier molecular flexibility index (Phi) is 7.81. The molecule has 3 saturated carbocycles. The number of Topliss-reactive ketones (excluding diaryl/α,β-unsaturated/α-hetero) is 1. The zero-order valence-electron chi connectivity index (χ0n) is 19.4. The molecule has 6 atom stereocenters. The molecule has 4 heteroatoms. The Labute approximate surface area is 187 Å². The molecule has 0 aromatic rings. The second kappa shape index (κ2) is 10.6. The van der Waals surface area contributed by atoms with Gasteiger partial charge >= 0.3 is 0 Å². The second-order valence-corrected chi connectivity index (χ2v) is 10.5. The van der Waals surface area contributed by atoms with Crippen LogP contribution in [0, 0.1) is 23.7 Å². The normalized spacial score (nSPS) is 36.6. The van der Waals surface area contributed by atoms with Gasteiger partial charge in [0.2, 0.25) is 0 Å². The van der Waals surface area contributed by atoms with Crippen LogP contribution in [0.3, 0.4) is 0 Å². The summed E-state index contributed by atoms with van der Waals surface area (Å²) in [5, 5.41) is 0. The van der Waals surface area contributed by atoms with Crippen molar-refractivity contribution in [2.75, 3.05) is 6.61 Å². The van der Waals surface area contributed by atoms with E-state index in [-0.39, 0.29) is 41.8 Å². The Morgan fingerprint density at radius 2 is 1.71 bits per heavy atom. The minimum atomic E-state index is -0.365. The van der Waals surface area contributed by atoms with E-state index < -0.39 is 0 Å². The Hall–Kier alpha value is -1.26. The minimum absolute atomic E-state index is 0.00310. The number of carbonyl (C=O) groups excluding carboxylic acids is 2. The van der Waals surface area contributed by atoms with Gasteiger partial charge in [-0.05, 0) is 64.4 Å². The summed E-state index contributed by atoms with van der Waals surface area (Å²) in [6.07, 6.45) is 17.4. The van der Waals surface area contributed by atoms with E-state index in [2.05, 4.69) is 26.0 Å². The van der Waals surface area contributed by atoms with E-state index in [1.807, 2.05) is 0 Å². The molecule has 4 aliphatic rings. The standard InChI is InChI=1S/C27H40O4/c1-18(2)16-17-30-24-15-13-21-26(29)20-10-6-7-11-23(20)31-27(21)25(24)22(28)14-12-19-8-4-3-5-9-19/h12,14,16,19-21,23-25,27H,3-11,13,15,17H2,1-2H3. The molecule has 0 amide bonds. The third-order valence-electron chi connectivity index (χ3n) is 7.99. The molecule has 4 fully saturated rings. The molecule has 0 radical (unpaired) electrons. The van der Waals surface area contributed by atoms with Crippen LogP contribution in [0.5, 0.6) is 0 Å². The first-order valence-electron chi connectivity index (χ1n) is 12.7. The molecule has 4 rings (SSSR count). The molecule has 0 spiro atoms. The van der Waals surface area contributed by atoms with Crippen LogP contribution in [0.25, 0.3) is 0 Å². The van der Waals surface area contributed by atoms with E-state index in [0.717, 1.165) is 38.5 Å². The molecule has 1 aliphatic heterocycles. The average Bonchev–Trinajstić information content (AvgIpc) is 2.78. The molecule has 6 unspecified atom stereocenters. The number of hydrogen-bond acceptors (Lipinski definition) is 4.